The van der Waals surface area contributed by atoms with Crippen molar-refractivity contribution in [2.75, 3.05) is 32.7 Å². The van der Waals surface area contributed by atoms with Crippen molar-refractivity contribution in [2.24, 2.45) is 5.92 Å². The molecule has 0 radical (unpaired) electrons. The van der Waals surface area contributed by atoms with Crippen LogP contribution in [0, 0.1) is 5.92 Å². The molecule has 0 unspecified atom stereocenters. The fourth-order valence-electron chi connectivity index (χ4n) is 4.14. The molecule has 2 aliphatic heterocycles. The highest BCUT2D eigenvalue weighted by atomic mass is 16.2. The van der Waals surface area contributed by atoms with Gasteiger partial charge < -0.3 is 15.1 Å². The molecule has 2 fully saturated rings. The average Bonchev–Trinajstić information content (AvgIpc) is 3.15. The second-order valence-corrected chi connectivity index (χ2v) is 7.02. The van der Waals surface area contributed by atoms with Crippen LogP contribution >= 0.6 is 0 Å². The van der Waals surface area contributed by atoms with Crippen molar-refractivity contribution in [1.82, 2.24) is 15.1 Å². The fraction of sp³-hybridized carbons (Fsp3) is 0.600. The zero-order valence-corrected chi connectivity index (χ0v) is 15.1. The molecular weight excluding hydrogens is 314 g/mol. The molecule has 1 aromatic carbocycles. The molecule has 1 aromatic rings. The molecule has 0 bridgehead atoms. The second kappa shape index (κ2) is 8.48. The number of amides is 2. The highest BCUT2D eigenvalue weighted by Gasteiger charge is 2.39. The summed E-state index contributed by atoms with van der Waals surface area (Å²) >= 11 is 0. The second-order valence-electron chi connectivity index (χ2n) is 7.02. The van der Waals surface area contributed by atoms with E-state index in [1.807, 2.05) is 42.2 Å². The lowest BCUT2D eigenvalue weighted by atomic mass is 9.83. The standard InChI is InChI=1S/C20H29N3O2/c1-2-23-18(24)11-10-17(19(23)16-8-4-3-5-9-16)20(25)21-12-15-22-13-6-7-14-22/h3-5,8-9,17,19H,2,6-7,10-15H2,1H3,(H,21,25)/t17-,19+/m1/s1. The van der Waals surface area contributed by atoms with Crippen LogP contribution in [0.25, 0.3) is 0 Å². The summed E-state index contributed by atoms with van der Waals surface area (Å²) in [5.74, 6) is 0.0649. The number of benzene rings is 1. The number of nitrogens with one attached hydrogen (secondary N) is 1. The molecule has 2 aliphatic rings. The maximum absolute atomic E-state index is 12.9. The third kappa shape index (κ3) is 4.21. The lowest BCUT2D eigenvalue weighted by molar-refractivity contribution is -0.143. The minimum absolute atomic E-state index is 0.0824. The molecule has 2 amide bonds. The van der Waals surface area contributed by atoms with Crippen molar-refractivity contribution >= 4 is 11.8 Å². The Morgan fingerprint density at radius 2 is 1.92 bits per heavy atom. The van der Waals surface area contributed by atoms with Crippen LogP contribution in [0.1, 0.15) is 44.2 Å². The van der Waals surface area contributed by atoms with Crippen LogP contribution in [-0.4, -0.2) is 54.3 Å². The number of carbonyl (C=O) groups excluding carboxylic acids is 2. The van der Waals surface area contributed by atoms with Crippen molar-refractivity contribution < 1.29 is 9.59 Å². The lowest BCUT2D eigenvalue weighted by Crippen LogP contribution is -2.48. The molecule has 1 N–H and O–H groups in total. The molecule has 0 aromatic heterocycles. The Morgan fingerprint density at radius 3 is 2.60 bits per heavy atom. The molecule has 5 heteroatoms. The first-order chi connectivity index (χ1) is 12.2. The third-order valence-electron chi connectivity index (χ3n) is 5.45. The van der Waals surface area contributed by atoms with Crippen LogP contribution in [0.4, 0.5) is 0 Å². The van der Waals surface area contributed by atoms with Gasteiger partial charge in [0.1, 0.15) is 0 Å². The molecule has 3 rings (SSSR count). The predicted octanol–water partition coefficient (Wildman–Crippen LogP) is 2.20. The van der Waals surface area contributed by atoms with E-state index >= 15 is 0 Å². The zero-order chi connectivity index (χ0) is 17.6. The number of hydrogen-bond acceptors (Lipinski definition) is 3. The molecule has 0 saturated carbocycles. The first kappa shape index (κ1) is 17.9. The van der Waals surface area contributed by atoms with Gasteiger partial charge in [-0.25, -0.2) is 0 Å². The Morgan fingerprint density at radius 1 is 1.20 bits per heavy atom. The number of hydrogen-bond donors (Lipinski definition) is 1. The summed E-state index contributed by atoms with van der Waals surface area (Å²) in [4.78, 5) is 29.5. The Labute approximate surface area is 150 Å². The number of likely N-dealkylation sites (tertiary alicyclic amines) is 2. The van der Waals surface area contributed by atoms with Gasteiger partial charge in [0.05, 0.1) is 12.0 Å². The SMILES string of the molecule is CCN1C(=O)CC[C@@H](C(=O)NCCN2CCCC2)[C@@H]1c1ccccc1. The molecule has 25 heavy (non-hydrogen) atoms. The number of rotatable bonds is 6. The van der Waals surface area contributed by atoms with E-state index in [0.717, 1.165) is 25.2 Å². The molecule has 0 spiro atoms. The van der Waals surface area contributed by atoms with Crippen LogP contribution in [0.3, 0.4) is 0 Å². The largest absolute Gasteiger partial charge is 0.354 e. The van der Waals surface area contributed by atoms with Gasteiger partial charge in [0.25, 0.3) is 0 Å². The number of nitrogens with zero attached hydrogens (tertiary/aromatic N) is 2. The van der Waals surface area contributed by atoms with Crippen molar-refractivity contribution in [3.05, 3.63) is 35.9 Å². The van der Waals surface area contributed by atoms with Gasteiger partial charge in [-0.15, -0.1) is 0 Å². The normalized spacial score (nSPS) is 24.5. The summed E-state index contributed by atoms with van der Waals surface area (Å²) in [5.41, 5.74) is 1.05. The summed E-state index contributed by atoms with van der Waals surface area (Å²) in [6.45, 7) is 6.52. The maximum Gasteiger partial charge on any atom is 0.225 e. The quantitative estimate of drug-likeness (QED) is 0.861. The van der Waals surface area contributed by atoms with E-state index in [1.165, 1.54) is 12.8 Å². The fourth-order valence-corrected chi connectivity index (χ4v) is 4.14. The highest BCUT2D eigenvalue weighted by Crippen LogP contribution is 2.36. The van der Waals surface area contributed by atoms with E-state index in [9.17, 15) is 9.59 Å². The zero-order valence-electron chi connectivity index (χ0n) is 15.1. The van der Waals surface area contributed by atoms with Gasteiger partial charge in [-0.05, 0) is 44.8 Å². The maximum atomic E-state index is 12.9. The minimum Gasteiger partial charge on any atom is -0.354 e. The van der Waals surface area contributed by atoms with Crippen molar-refractivity contribution in [3.63, 3.8) is 0 Å². The smallest absolute Gasteiger partial charge is 0.225 e. The summed E-state index contributed by atoms with van der Waals surface area (Å²) in [6.07, 6.45) is 3.62. The Kier molecular flexibility index (Phi) is 6.08. The van der Waals surface area contributed by atoms with Gasteiger partial charge in [0, 0.05) is 26.1 Å². The highest BCUT2D eigenvalue weighted by molar-refractivity contribution is 5.85. The molecule has 2 atom stereocenters. The summed E-state index contributed by atoms with van der Waals surface area (Å²) in [5, 5.41) is 3.12. The molecule has 2 saturated heterocycles. The summed E-state index contributed by atoms with van der Waals surface area (Å²) in [6, 6.07) is 9.82. The topological polar surface area (TPSA) is 52.7 Å². The lowest BCUT2D eigenvalue weighted by Gasteiger charge is -2.40. The van der Waals surface area contributed by atoms with Gasteiger partial charge in [0.15, 0.2) is 0 Å². The Hall–Kier alpha value is -1.88. The summed E-state index contributed by atoms with van der Waals surface area (Å²) < 4.78 is 0. The first-order valence-electron chi connectivity index (χ1n) is 9.55. The molecular formula is C20H29N3O2. The predicted molar refractivity (Wildman–Crippen MR) is 98.0 cm³/mol. The van der Waals surface area contributed by atoms with Crippen molar-refractivity contribution in [2.45, 2.75) is 38.6 Å². The molecule has 136 valence electrons. The Bertz CT molecular complexity index is 584. The van der Waals surface area contributed by atoms with E-state index < -0.39 is 0 Å². The van der Waals surface area contributed by atoms with Crippen LogP contribution in [0.15, 0.2) is 30.3 Å². The van der Waals surface area contributed by atoms with Crippen molar-refractivity contribution in [3.8, 4) is 0 Å². The number of carbonyl (C=O) groups is 2. The van der Waals surface area contributed by atoms with Crippen LogP contribution in [-0.2, 0) is 9.59 Å². The van der Waals surface area contributed by atoms with E-state index in [2.05, 4.69) is 10.2 Å². The summed E-state index contributed by atoms with van der Waals surface area (Å²) in [7, 11) is 0. The molecule has 0 aliphatic carbocycles. The van der Waals surface area contributed by atoms with E-state index in [4.69, 9.17) is 0 Å². The van der Waals surface area contributed by atoms with Gasteiger partial charge in [-0.1, -0.05) is 30.3 Å². The van der Waals surface area contributed by atoms with E-state index in [-0.39, 0.29) is 23.8 Å². The number of piperidine rings is 1. The van der Waals surface area contributed by atoms with Crippen LogP contribution in [0.2, 0.25) is 0 Å². The molecule has 5 nitrogen and oxygen atoms in total. The monoisotopic (exact) mass is 343 g/mol. The minimum atomic E-state index is -0.168. The van der Waals surface area contributed by atoms with Gasteiger partial charge in [0.2, 0.25) is 11.8 Å². The van der Waals surface area contributed by atoms with E-state index in [0.29, 0.717) is 25.9 Å². The Balaban J connectivity index is 1.68. The van der Waals surface area contributed by atoms with Crippen LogP contribution in [0.5, 0.6) is 0 Å². The van der Waals surface area contributed by atoms with E-state index in [1.54, 1.807) is 0 Å². The first-order valence-corrected chi connectivity index (χ1v) is 9.55. The van der Waals surface area contributed by atoms with Gasteiger partial charge in [-0.2, -0.15) is 0 Å². The average molecular weight is 343 g/mol. The van der Waals surface area contributed by atoms with Crippen LogP contribution < -0.4 is 5.32 Å². The van der Waals surface area contributed by atoms with Crippen molar-refractivity contribution in [1.29, 1.82) is 0 Å². The van der Waals surface area contributed by atoms with Gasteiger partial charge in [-0.3, -0.25) is 9.59 Å². The third-order valence-corrected chi connectivity index (χ3v) is 5.45. The van der Waals surface area contributed by atoms with Gasteiger partial charge >= 0.3 is 0 Å². The molecule has 2 heterocycles.